The van der Waals surface area contributed by atoms with Gasteiger partial charge in [0.25, 0.3) is 5.91 Å². The number of fused-ring (bicyclic) bond motifs is 1. The molecule has 0 radical (unpaired) electrons. The van der Waals surface area contributed by atoms with E-state index in [-0.39, 0.29) is 5.91 Å². The third kappa shape index (κ3) is 4.45. The summed E-state index contributed by atoms with van der Waals surface area (Å²) in [5.41, 5.74) is 1.52. The second-order valence-corrected chi connectivity index (χ2v) is 6.14. The average molecular weight is 318 g/mol. The molecule has 7 nitrogen and oxygen atoms in total. The molecule has 7 heteroatoms. The molecule has 0 aliphatic carbocycles. The van der Waals surface area contributed by atoms with Crippen molar-refractivity contribution in [1.29, 1.82) is 0 Å². The van der Waals surface area contributed by atoms with Gasteiger partial charge in [-0.15, -0.1) is 0 Å². The highest BCUT2D eigenvalue weighted by Gasteiger charge is 2.16. The maximum Gasteiger partial charge on any atom is 0.407 e. The van der Waals surface area contributed by atoms with Crippen LogP contribution in [0, 0.1) is 0 Å². The molecule has 0 spiro atoms. The zero-order valence-corrected chi connectivity index (χ0v) is 13.8. The fourth-order valence-electron chi connectivity index (χ4n) is 2.05. The maximum atomic E-state index is 12.0. The average Bonchev–Trinajstić information content (AvgIpc) is 2.86. The highest BCUT2D eigenvalue weighted by atomic mass is 16.6. The molecule has 2 aromatic heterocycles. The Hall–Kier alpha value is -2.57. The molecule has 2 amide bonds. The van der Waals surface area contributed by atoms with Crippen LogP contribution in [0.25, 0.3) is 5.52 Å². The van der Waals surface area contributed by atoms with Gasteiger partial charge in [-0.2, -0.15) is 5.10 Å². The number of carbonyl (C=O) groups excluding carboxylic acids is 2. The predicted molar refractivity (Wildman–Crippen MR) is 86.3 cm³/mol. The molecule has 0 saturated carbocycles. The number of carbonyl (C=O) groups is 2. The number of hydrogen-bond acceptors (Lipinski definition) is 4. The van der Waals surface area contributed by atoms with Gasteiger partial charge in [0.15, 0.2) is 0 Å². The first-order valence-corrected chi connectivity index (χ1v) is 7.51. The lowest BCUT2D eigenvalue weighted by atomic mass is 10.2. The minimum atomic E-state index is -0.537. The number of amides is 2. The van der Waals surface area contributed by atoms with Crippen LogP contribution >= 0.6 is 0 Å². The molecule has 0 saturated heterocycles. The molecule has 0 aromatic carbocycles. The number of nitrogens with one attached hydrogen (secondary N) is 2. The zero-order chi connectivity index (χ0) is 17.0. The van der Waals surface area contributed by atoms with Crippen LogP contribution in [0.15, 0.2) is 24.5 Å². The van der Waals surface area contributed by atoms with Gasteiger partial charge >= 0.3 is 6.09 Å². The molecule has 0 aliphatic heterocycles. The van der Waals surface area contributed by atoms with E-state index < -0.39 is 11.7 Å². The largest absolute Gasteiger partial charge is 0.444 e. The third-order valence-electron chi connectivity index (χ3n) is 3.00. The second-order valence-electron chi connectivity index (χ2n) is 6.14. The standard InChI is InChI=1S/C16H22N4O3/c1-5-17-14(21)12-10-19-20-7-6-11(8-13(12)20)9-18-15(22)23-16(2,3)4/h6-8,10H,5,9H2,1-4H3,(H,17,21)(H,18,22). The van der Waals surface area contributed by atoms with E-state index in [1.807, 2.05) is 39.8 Å². The van der Waals surface area contributed by atoms with E-state index in [1.165, 1.54) is 6.20 Å². The number of rotatable bonds is 4. The lowest BCUT2D eigenvalue weighted by Crippen LogP contribution is -2.32. The van der Waals surface area contributed by atoms with E-state index >= 15 is 0 Å². The molecule has 0 unspecified atom stereocenters. The van der Waals surface area contributed by atoms with Gasteiger partial charge in [-0.3, -0.25) is 4.79 Å². The maximum absolute atomic E-state index is 12.0. The van der Waals surface area contributed by atoms with E-state index in [1.54, 1.807) is 10.7 Å². The molecule has 2 aromatic rings. The van der Waals surface area contributed by atoms with Gasteiger partial charge < -0.3 is 15.4 Å². The quantitative estimate of drug-likeness (QED) is 0.904. The Kier molecular flexibility index (Phi) is 4.88. The number of ether oxygens (including phenoxy) is 1. The Bertz CT molecular complexity index is 716. The Balaban J connectivity index is 2.12. The molecule has 2 heterocycles. The Morgan fingerprint density at radius 1 is 1.30 bits per heavy atom. The molecule has 124 valence electrons. The molecule has 2 N–H and O–H groups in total. The first kappa shape index (κ1) is 16.8. The monoisotopic (exact) mass is 318 g/mol. The van der Waals surface area contributed by atoms with E-state index in [2.05, 4.69) is 15.7 Å². The summed E-state index contributed by atoms with van der Waals surface area (Å²) >= 11 is 0. The molecule has 23 heavy (non-hydrogen) atoms. The normalized spacial score (nSPS) is 11.3. The van der Waals surface area contributed by atoms with Crippen LogP contribution in [0.1, 0.15) is 43.6 Å². The van der Waals surface area contributed by atoms with Crippen molar-refractivity contribution in [2.24, 2.45) is 0 Å². The predicted octanol–water partition coefficient (Wildman–Crippen LogP) is 2.11. The van der Waals surface area contributed by atoms with Crippen LogP contribution < -0.4 is 10.6 Å². The van der Waals surface area contributed by atoms with Crippen molar-refractivity contribution in [3.63, 3.8) is 0 Å². The van der Waals surface area contributed by atoms with Gasteiger partial charge in [-0.1, -0.05) is 0 Å². The van der Waals surface area contributed by atoms with Gasteiger partial charge in [0.1, 0.15) is 5.60 Å². The number of alkyl carbamates (subject to hydrolysis) is 1. The minimum Gasteiger partial charge on any atom is -0.444 e. The van der Waals surface area contributed by atoms with Crippen molar-refractivity contribution in [1.82, 2.24) is 20.2 Å². The summed E-state index contributed by atoms with van der Waals surface area (Å²) in [7, 11) is 0. The molecule has 0 fully saturated rings. The van der Waals surface area contributed by atoms with Crippen LogP contribution in [0.4, 0.5) is 4.79 Å². The fraction of sp³-hybridized carbons (Fsp3) is 0.438. The molecular weight excluding hydrogens is 296 g/mol. The lowest BCUT2D eigenvalue weighted by molar-refractivity contribution is 0.0523. The van der Waals surface area contributed by atoms with Crippen LogP contribution in [0.2, 0.25) is 0 Å². The van der Waals surface area contributed by atoms with Crippen molar-refractivity contribution >= 4 is 17.5 Å². The van der Waals surface area contributed by atoms with Crippen LogP contribution in [-0.4, -0.2) is 33.8 Å². The molecule has 0 bridgehead atoms. The third-order valence-corrected chi connectivity index (χ3v) is 3.00. The molecule has 0 aliphatic rings. The van der Waals surface area contributed by atoms with Crippen molar-refractivity contribution in [2.45, 2.75) is 39.8 Å². The van der Waals surface area contributed by atoms with E-state index in [0.29, 0.717) is 24.2 Å². The molecule has 0 atom stereocenters. The van der Waals surface area contributed by atoms with Crippen molar-refractivity contribution in [2.75, 3.05) is 6.54 Å². The SMILES string of the molecule is CCNC(=O)c1cnn2ccc(CNC(=O)OC(C)(C)C)cc12. The fourth-order valence-corrected chi connectivity index (χ4v) is 2.05. The summed E-state index contributed by atoms with van der Waals surface area (Å²) in [6.45, 7) is 8.15. The van der Waals surface area contributed by atoms with Crippen molar-refractivity contribution < 1.29 is 14.3 Å². The van der Waals surface area contributed by atoms with E-state index in [4.69, 9.17) is 4.74 Å². The van der Waals surface area contributed by atoms with E-state index in [0.717, 1.165) is 5.56 Å². The van der Waals surface area contributed by atoms with Gasteiger partial charge in [0.2, 0.25) is 0 Å². The van der Waals surface area contributed by atoms with Gasteiger partial charge in [-0.05, 0) is 45.4 Å². The Morgan fingerprint density at radius 2 is 2.04 bits per heavy atom. The topological polar surface area (TPSA) is 84.7 Å². The second kappa shape index (κ2) is 6.68. The number of pyridine rings is 1. The lowest BCUT2D eigenvalue weighted by Gasteiger charge is -2.19. The summed E-state index contributed by atoms with van der Waals surface area (Å²) in [6.07, 6.45) is 2.81. The minimum absolute atomic E-state index is 0.167. The summed E-state index contributed by atoms with van der Waals surface area (Å²) in [6, 6.07) is 3.66. The van der Waals surface area contributed by atoms with Crippen LogP contribution in [0.3, 0.4) is 0 Å². The first-order chi connectivity index (χ1) is 10.8. The summed E-state index contributed by atoms with van der Waals surface area (Å²) < 4.78 is 6.82. The highest BCUT2D eigenvalue weighted by Crippen LogP contribution is 2.13. The Morgan fingerprint density at radius 3 is 2.70 bits per heavy atom. The van der Waals surface area contributed by atoms with Crippen molar-refractivity contribution in [3.8, 4) is 0 Å². The van der Waals surface area contributed by atoms with Crippen LogP contribution in [-0.2, 0) is 11.3 Å². The molecule has 2 rings (SSSR count). The van der Waals surface area contributed by atoms with Gasteiger partial charge in [0.05, 0.1) is 17.3 Å². The zero-order valence-electron chi connectivity index (χ0n) is 13.8. The summed E-state index contributed by atoms with van der Waals surface area (Å²) in [5.74, 6) is -0.167. The number of aromatic nitrogens is 2. The van der Waals surface area contributed by atoms with Gasteiger partial charge in [-0.25, -0.2) is 9.31 Å². The number of hydrogen-bond donors (Lipinski definition) is 2. The Labute approximate surface area is 135 Å². The smallest absolute Gasteiger partial charge is 0.407 e. The highest BCUT2D eigenvalue weighted by molar-refractivity contribution is 6.00. The molecular formula is C16H22N4O3. The van der Waals surface area contributed by atoms with Crippen molar-refractivity contribution in [3.05, 3.63) is 35.7 Å². The van der Waals surface area contributed by atoms with Crippen LogP contribution in [0.5, 0.6) is 0 Å². The number of nitrogens with zero attached hydrogens (tertiary/aromatic N) is 2. The summed E-state index contributed by atoms with van der Waals surface area (Å²) in [5, 5.41) is 9.60. The summed E-state index contributed by atoms with van der Waals surface area (Å²) in [4.78, 5) is 23.7. The van der Waals surface area contributed by atoms with Gasteiger partial charge in [0, 0.05) is 19.3 Å². The first-order valence-electron chi connectivity index (χ1n) is 7.51. The van der Waals surface area contributed by atoms with E-state index in [9.17, 15) is 9.59 Å².